The molecule has 0 radical (unpaired) electrons. The van der Waals surface area contributed by atoms with Crippen LogP contribution in [0.15, 0.2) is 54.6 Å². The maximum absolute atomic E-state index is 13.7. The number of nitrogens with one attached hydrogen (secondary N) is 1. The molecule has 16 atom stereocenters. The third kappa shape index (κ3) is 10.7. The number of nitrogens with two attached hydrogens (primary N) is 1. The molecule has 0 spiro atoms. The van der Waals surface area contributed by atoms with Gasteiger partial charge in [-0.3, -0.25) is 4.79 Å². The largest absolute Gasteiger partial charge is 0.453 e. The molecule has 3 heterocycles. The number of hydrogen-bond donors (Lipinski definition) is 11. The lowest BCUT2D eigenvalue weighted by Crippen LogP contribution is -2.67. The Morgan fingerprint density at radius 2 is 1.19 bits per heavy atom. The number of para-hydroxylation sites is 1. The minimum absolute atomic E-state index is 0.00607. The van der Waals surface area contributed by atoms with E-state index in [1.807, 2.05) is 0 Å². The highest BCUT2D eigenvalue weighted by Gasteiger charge is 2.54. The molecule has 3 saturated heterocycles. The highest BCUT2D eigenvalue weighted by Crippen LogP contribution is 2.34. The molecule has 58 heavy (non-hydrogen) atoms. The van der Waals surface area contributed by atoms with Crippen LogP contribution in [0.4, 0.5) is 5.69 Å². The standard InChI is InChI=1S/C38H54N2O18/c1-17(2)12-21(40-34(50)19-10-6-7-11-20(19)39)35(51)56-33-26(45)25(44)22(13-41)53-38(33)58-32-24(15-43)55-37(30(49)28(32)47)57-31-23(14-42)54-36(29(48)27(31)46)52-16-18-8-4-3-5-9-18/h3-11,17,21-33,36-38,41-49H,12-16,39H2,1-2H3,(H,40,50)/t21-,22+,23+,24+,25+,26-,27+,28+,29+,30+,31+,32+,33+,36+,37+,38+/m0/s1. The summed E-state index contributed by atoms with van der Waals surface area (Å²) < 4.78 is 39.9. The van der Waals surface area contributed by atoms with Crippen molar-refractivity contribution in [2.75, 3.05) is 25.6 Å². The van der Waals surface area contributed by atoms with Gasteiger partial charge in [0.05, 0.1) is 32.0 Å². The Balaban J connectivity index is 1.29. The molecule has 2 aromatic carbocycles. The molecule has 0 saturated carbocycles. The fourth-order valence-electron chi connectivity index (χ4n) is 6.89. The molecular formula is C38H54N2O18. The summed E-state index contributed by atoms with van der Waals surface area (Å²) >= 11 is 0. The van der Waals surface area contributed by atoms with Gasteiger partial charge >= 0.3 is 5.97 Å². The van der Waals surface area contributed by atoms with E-state index in [0.29, 0.717) is 0 Å². The number of benzene rings is 2. The average Bonchev–Trinajstić information content (AvgIpc) is 3.21. The lowest BCUT2D eigenvalue weighted by Gasteiger charge is -2.48. The number of anilines is 1. The molecule has 0 unspecified atom stereocenters. The predicted octanol–water partition coefficient (Wildman–Crippen LogP) is -3.37. The van der Waals surface area contributed by atoms with E-state index in [1.165, 1.54) is 12.1 Å². The first-order valence-corrected chi connectivity index (χ1v) is 18.9. The van der Waals surface area contributed by atoms with Crippen LogP contribution in [0.25, 0.3) is 0 Å². The molecule has 0 aliphatic carbocycles. The molecule has 3 fully saturated rings. The summed E-state index contributed by atoms with van der Waals surface area (Å²) in [5.41, 5.74) is 6.91. The lowest BCUT2D eigenvalue weighted by atomic mass is 9.96. The number of nitrogen functional groups attached to an aromatic ring is 1. The Bertz CT molecular complexity index is 1600. The first-order chi connectivity index (χ1) is 27.7. The zero-order valence-electron chi connectivity index (χ0n) is 31.8. The van der Waals surface area contributed by atoms with Crippen LogP contribution in [0.5, 0.6) is 0 Å². The van der Waals surface area contributed by atoms with E-state index in [9.17, 15) is 55.5 Å². The van der Waals surface area contributed by atoms with Crippen LogP contribution in [0, 0.1) is 5.92 Å². The van der Waals surface area contributed by atoms with Gasteiger partial charge in [-0.05, 0) is 30.0 Å². The van der Waals surface area contributed by atoms with Crippen LogP contribution in [0.1, 0.15) is 36.2 Å². The number of amides is 1. The van der Waals surface area contributed by atoms with Crippen molar-refractivity contribution in [3.8, 4) is 0 Å². The number of aliphatic hydroxyl groups excluding tert-OH is 9. The fourth-order valence-corrected chi connectivity index (χ4v) is 6.89. The molecule has 5 rings (SSSR count). The summed E-state index contributed by atoms with van der Waals surface area (Å²) in [5, 5.41) is 99.0. The van der Waals surface area contributed by atoms with Crippen molar-refractivity contribution in [3.05, 3.63) is 65.7 Å². The Labute approximate surface area is 333 Å². The van der Waals surface area contributed by atoms with Crippen molar-refractivity contribution in [1.82, 2.24) is 5.32 Å². The minimum Gasteiger partial charge on any atom is -0.453 e. The molecule has 3 aliphatic rings. The topological polar surface area (TPSA) is 319 Å². The third-order valence-corrected chi connectivity index (χ3v) is 10.1. The van der Waals surface area contributed by atoms with Crippen LogP contribution < -0.4 is 11.1 Å². The molecular weight excluding hydrogens is 772 g/mol. The number of carbonyl (C=O) groups excluding carboxylic acids is 2. The average molecular weight is 827 g/mol. The van der Waals surface area contributed by atoms with Gasteiger partial charge in [0.1, 0.15) is 73.2 Å². The van der Waals surface area contributed by atoms with E-state index in [-0.39, 0.29) is 30.2 Å². The highest BCUT2D eigenvalue weighted by molar-refractivity contribution is 6.00. The number of rotatable bonds is 16. The quantitative estimate of drug-likeness (QED) is 0.0581. The Morgan fingerprint density at radius 3 is 1.78 bits per heavy atom. The summed E-state index contributed by atoms with van der Waals surface area (Å²) in [5.74, 6) is -1.95. The molecule has 0 aromatic heterocycles. The van der Waals surface area contributed by atoms with Crippen molar-refractivity contribution in [3.63, 3.8) is 0 Å². The van der Waals surface area contributed by atoms with Gasteiger partial charge in [-0.25, -0.2) is 4.79 Å². The summed E-state index contributed by atoms with van der Waals surface area (Å²) in [6.45, 7) is 1.04. The van der Waals surface area contributed by atoms with Crippen molar-refractivity contribution in [2.45, 2.75) is 125 Å². The summed E-state index contributed by atoms with van der Waals surface area (Å²) in [4.78, 5) is 26.8. The van der Waals surface area contributed by atoms with Crippen LogP contribution in [0.3, 0.4) is 0 Å². The van der Waals surface area contributed by atoms with Gasteiger partial charge in [0.2, 0.25) is 0 Å². The summed E-state index contributed by atoms with van der Waals surface area (Å²) in [7, 11) is 0. The molecule has 324 valence electrons. The zero-order valence-corrected chi connectivity index (χ0v) is 31.8. The summed E-state index contributed by atoms with van der Waals surface area (Å²) in [6, 6.07) is 13.7. The second-order valence-corrected chi connectivity index (χ2v) is 14.8. The van der Waals surface area contributed by atoms with E-state index in [1.54, 1.807) is 56.3 Å². The second-order valence-electron chi connectivity index (χ2n) is 14.8. The molecule has 1 amide bonds. The highest BCUT2D eigenvalue weighted by atomic mass is 16.8. The molecule has 20 heteroatoms. The van der Waals surface area contributed by atoms with E-state index in [4.69, 9.17) is 38.9 Å². The van der Waals surface area contributed by atoms with Crippen molar-refractivity contribution >= 4 is 17.6 Å². The van der Waals surface area contributed by atoms with E-state index >= 15 is 0 Å². The van der Waals surface area contributed by atoms with Crippen molar-refractivity contribution < 1.29 is 88.7 Å². The molecule has 0 bridgehead atoms. The minimum atomic E-state index is -2.02. The first kappa shape index (κ1) is 45.7. The van der Waals surface area contributed by atoms with E-state index < -0.39 is 130 Å². The van der Waals surface area contributed by atoms with Crippen molar-refractivity contribution in [2.24, 2.45) is 5.92 Å². The van der Waals surface area contributed by atoms with Crippen LogP contribution in [0.2, 0.25) is 0 Å². The summed E-state index contributed by atoms with van der Waals surface area (Å²) in [6.07, 6.45) is -25.9. The van der Waals surface area contributed by atoms with E-state index in [0.717, 1.165) is 5.56 Å². The van der Waals surface area contributed by atoms with Gasteiger partial charge in [0.25, 0.3) is 5.91 Å². The predicted molar refractivity (Wildman–Crippen MR) is 196 cm³/mol. The first-order valence-electron chi connectivity index (χ1n) is 18.9. The Hall–Kier alpha value is -3.42. The van der Waals surface area contributed by atoms with Gasteiger partial charge in [-0.2, -0.15) is 0 Å². The Kier molecular flexibility index (Phi) is 16.3. The molecule has 12 N–H and O–H groups in total. The van der Waals surface area contributed by atoms with Crippen LogP contribution in [-0.4, -0.2) is 176 Å². The second kappa shape index (κ2) is 20.7. The maximum Gasteiger partial charge on any atom is 0.329 e. The molecule has 20 nitrogen and oxygen atoms in total. The molecule has 3 aliphatic heterocycles. The third-order valence-electron chi connectivity index (χ3n) is 10.1. The van der Waals surface area contributed by atoms with E-state index in [2.05, 4.69) is 5.32 Å². The fraction of sp³-hybridized carbons (Fsp3) is 0.632. The number of hydrogen-bond acceptors (Lipinski definition) is 19. The number of ether oxygens (including phenoxy) is 7. The number of aliphatic hydroxyl groups is 9. The zero-order chi connectivity index (χ0) is 42.3. The van der Waals surface area contributed by atoms with Crippen molar-refractivity contribution in [1.29, 1.82) is 0 Å². The SMILES string of the molecule is CC(C)C[C@H](NC(=O)c1ccccc1N)C(=O)O[C@H]1[C@@H](O[C@H]2[C@H](O)[C@@H](O)[C@@H](O[C@H]3[C@H](O)[C@@H](O)[C@H](OCc4ccccc4)O[C@@H]3CO)O[C@@H]2CO)O[C@H](CO)[C@@H](O)[C@@H]1O. The normalized spacial score (nSPS) is 36.0. The van der Waals surface area contributed by atoms with Crippen LogP contribution in [-0.2, 0) is 44.6 Å². The monoisotopic (exact) mass is 826 g/mol. The number of carbonyl (C=O) groups is 2. The van der Waals surface area contributed by atoms with Gasteiger partial charge in [0, 0.05) is 5.69 Å². The smallest absolute Gasteiger partial charge is 0.329 e. The van der Waals surface area contributed by atoms with Crippen LogP contribution >= 0.6 is 0 Å². The lowest BCUT2D eigenvalue weighted by molar-refractivity contribution is -0.380. The van der Waals surface area contributed by atoms with Gasteiger partial charge in [0.15, 0.2) is 25.0 Å². The van der Waals surface area contributed by atoms with Gasteiger partial charge in [-0.1, -0.05) is 56.3 Å². The maximum atomic E-state index is 13.7. The number of esters is 1. The molecule has 2 aromatic rings. The van der Waals surface area contributed by atoms with Gasteiger partial charge in [-0.15, -0.1) is 0 Å². The van der Waals surface area contributed by atoms with Gasteiger partial charge < -0.3 is 90.2 Å². The Morgan fingerprint density at radius 1 is 0.672 bits per heavy atom.